The average molecular weight is 336 g/mol. The van der Waals surface area contributed by atoms with Crippen LogP contribution < -0.4 is 9.79 Å². The molecule has 0 amide bonds. The van der Waals surface area contributed by atoms with Crippen molar-refractivity contribution in [2.45, 2.75) is 27.7 Å². The van der Waals surface area contributed by atoms with Gasteiger partial charge in [0.1, 0.15) is 26.4 Å². The lowest BCUT2D eigenvalue weighted by molar-refractivity contribution is -0.238. The highest BCUT2D eigenvalue weighted by atomic mass is 31.3. The molecule has 120 valence electrons. The topological polar surface area (TPSA) is 105 Å². The Bertz CT molecular complexity index is 418. The Morgan fingerprint density at radius 2 is 1.14 bits per heavy atom. The van der Waals surface area contributed by atoms with Crippen LogP contribution in [0.3, 0.4) is 0 Å². The third-order valence-corrected chi connectivity index (χ3v) is 7.70. The Labute approximate surface area is 125 Å². The smallest absolute Gasteiger partial charge is 0.331 e. The molecule has 2 fully saturated rings. The van der Waals surface area contributed by atoms with E-state index in [1.165, 1.54) is 0 Å². The zero-order chi connectivity index (χ0) is 15.9. The summed E-state index contributed by atoms with van der Waals surface area (Å²) >= 11 is 0. The van der Waals surface area contributed by atoms with E-state index in [1.54, 1.807) is 5.87 Å². The molecule has 0 aliphatic carbocycles. The van der Waals surface area contributed by atoms with Crippen molar-refractivity contribution in [3.63, 3.8) is 0 Å². The molecule has 0 radical (unpaired) electrons. The minimum absolute atomic E-state index is 0.140. The molecule has 2 aliphatic heterocycles. The molecule has 2 heterocycles. The summed E-state index contributed by atoms with van der Waals surface area (Å²) in [5, 5.41) is 8.72. The molecule has 2 saturated heterocycles. The number of hydrogen-bond acceptors (Lipinski definition) is 6. The molecule has 0 aromatic rings. The standard InChI is InChI=1S/C12H20NO6P2/c1-11(2)6-16-20(14,17-7-11)10(5-13)21(15)18-8-12(3,4)9-19-21/h6-9H2,1-4H3/q-1. The molecule has 0 atom stereocenters. The van der Waals surface area contributed by atoms with Crippen LogP contribution in [0.4, 0.5) is 0 Å². The van der Waals surface area contributed by atoms with Gasteiger partial charge in [-0.25, -0.2) is 18.1 Å². The van der Waals surface area contributed by atoms with Crippen molar-refractivity contribution in [3.8, 4) is 0 Å². The van der Waals surface area contributed by atoms with E-state index >= 15 is 0 Å². The van der Waals surface area contributed by atoms with Gasteiger partial charge in [-0.3, -0.25) is 0 Å². The summed E-state index contributed by atoms with van der Waals surface area (Å²) in [6, 6.07) is 0. The van der Waals surface area contributed by atoms with Crippen molar-refractivity contribution >= 4 is 21.8 Å². The average Bonchev–Trinajstić information content (AvgIpc) is 2.39. The monoisotopic (exact) mass is 336 g/mol. The van der Waals surface area contributed by atoms with Crippen LogP contribution in [-0.2, 0) is 18.1 Å². The molecule has 0 unspecified atom stereocenters. The highest BCUT2D eigenvalue weighted by Gasteiger charge is 2.59. The van der Waals surface area contributed by atoms with Crippen molar-refractivity contribution in [1.29, 1.82) is 0 Å². The lowest BCUT2D eigenvalue weighted by Crippen LogP contribution is -2.40. The highest BCUT2D eigenvalue weighted by molar-refractivity contribution is 7.84. The summed E-state index contributed by atoms with van der Waals surface area (Å²) in [6.07, 6.45) is 0. The van der Waals surface area contributed by atoms with E-state index in [-0.39, 0.29) is 37.3 Å². The van der Waals surface area contributed by atoms with E-state index in [9.17, 15) is 15.2 Å². The minimum atomic E-state index is -3.94. The maximum atomic E-state index is 12.7. The molecule has 0 spiro atoms. The molecular formula is C12H20NO6P2-. The van der Waals surface area contributed by atoms with Gasteiger partial charge in [0.15, 0.2) is 0 Å². The lowest BCUT2D eigenvalue weighted by Gasteiger charge is -2.42. The summed E-state index contributed by atoms with van der Waals surface area (Å²) in [5.74, 6) is 1.67. The van der Waals surface area contributed by atoms with E-state index in [4.69, 9.17) is 18.1 Å². The van der Waals surface area contributed by atoms with Crippen LogP contribution >= 0.6 is 15.9 Å². The van der Waals surface area contributed by atoms with Crippen molar-refractivity contribution in [2.24, 2.45) is 10.8 Å². The summed E-state index contributed by atoms with van der Waals surface area (Å²) in [7, 11) is -7.87. The number of rotatable bonds is 2. The van der Waals surface area contributed by atoms with Crippen molar-refractivity contribution in [2.75, 3.05) is 26.4 Å². The van der Waals surface area contributed by atoms with Crippen LogP contribution in [0, 0.1) is 10.8 Å². The van der Waals surface area contributed by atoms with Crippen LogP contribution in [0.1, 0.15) is 27.7 Å². The fraction of sp³-hybridized carbons (Fsp3) is 0.833. The lowest BCUT2D eigenvalue weighted by atomic mass is 9.97. The van der Waals surface area contributed by atoms with Gasteiger partial charge in [-0.15, -0.1) is 0 Å². The minimum Gasteiger partial charge on any atom is -0.757 e. The summed E-state index contributed by atoms with van der Waals surface area (Å²) in [5.41, 5.74) is -0.640. The highest BCUT2D eigenvalue weighted by Crippen LogP contribution is 2.79. The van der Waals surface area contributed by atoms with Crippen molar-refractivity contribution < 1.29 is 27.9 Å². The van der Waals surface area contributed by atoms with E-state index in [0.717, 1.165) is 0 Å². The molecule has 0 aromatic heterocycles. The predicted octanol–water partition coefficient (Wildman–Crippen LogP) is 1.46. The van der Waals surface area contributed by atoms with Crippen LogP contribution in [0.5, 0.6) is 0 Å². The fourth-order valence-electron chi connectivity index (χ4n) is 1.71. The SMILES string of the molecule is CC1(C)CO[P+]([O-])(C(=C=[N-])[P+]2([O-])OCC(C)(C)CO2)OC1. The van der Waals surface area contributed by atoms with Crippen LogP contribution in [0.25, 0.3) is 5.41 Å². The van der Waals surface area contributed by atoms with E-state index in [0.29, 0.717) is 0 Å². The second kappa shape index (κ2) is 5.61. The van der Waals surface area contributed by atoms with Gasteiger partial charge in [0.05, 0.1) is 0 Å². The third-order valence-electron chi connectivity index (χ3n) is 3.12. The zero-order valence-corrected chi connectivity index (χ0v) is 14.4. The molecule has 0 aromatic carbocycles. The van der Waals surface area contributed by atoms with Crippen molar-refractivity contribution in [3.05, 3.63) is 10.5 Å². The zero-order valence-electron chi connectivity index (χ0n) is 12.6. The Balaban J connectivity index is 2.19. The molecule has 2 aliphatic rings. The first-order valence-electron chi connectivity index (χ1n) is 6.59. The molecule has 7 nitrogen and oxygen atoms in total. The van der Waals surface area contributed by atoms with E-state index < -0.39 is 20.9 Å². The summed E-state index contributed by atoms with van der Waals surface area (Å²) in [4.78, 5) is 25.4. The van der Waals surface area contributed by atoms with Gasteiger partial charge >= 0.3 is 20.9 Å². The van der Waals surface area contributed by atoms with E-state index in [1.807, 2.05) is 27.7 Å². The maximum absolute atomic E-state index is 12.7. The second-order valence-corrected chi connectivity index (χ2v) is 11.1. The Morgan fingerprint density at radius 3 is 1.38 bits per heavy atom. The Hall–Kier alpha value is 0.0700. The molecule has 0 bridgehead atoms. The first kappa shape index (κ1) is 17.4. The van der Waals surface area contributed by atoms with Gasteiger partial charge in [0.25, 0.3) is 0 Å². The number of hydrogen-bond donors (Lipinski definition) is 0. The van der Waals surface area contributed by atoms with Gasteiger partial charge in [0.2, 0.25) is 0 Å². The number of nitrogens with zero attached hydrogens (tertiary/aromatic N) is 1. The van der Waals surface area contributed by atoms with Crippen LogP contribution in [0.2, 0.25) is 0 Å². The van der Waals surface area contributed by atoms with Crippen LogP contribution in [-0.4, -0.2) is 32.3 Å². The first-order chi connectivity index (χ1) is 9.52. The Kier molecular flexibility index (Phi) is 4.65. The van der Waals surface area contributed by atoms with Gasteiger partial charge in [-0.2, -0.15) is 5.87 Å². The third kappa shape index (κ3) is 3.70. The molecule has 0 N–H and O–H groups in total. The Morgan fingerprint density at radius 1 is 0.857 bits per heavy atom. The normalized spacial score (nSPS) is 29.4. The fourth-order valence-corrected chi connectivity index (χ4v) is 6.57. The van der Waals surface area contributed by atoms with Crippen molar-refractivity contribution in [1.82, 2.24) is 0 Å². The van der Waals surface area contributed by atoms with Gasteiger partial charge in [-0.1, -0.05) is 27.7 Å². The summed E-state index contributed by atoms with van der Waals surface area (Å²) in [6.45, 7) is 8.06. The molecular weight excluding hydrogens is 316 g/mol. The predicted molar refractivity (Wildman–Crippen MR) is 77.1 cm³/mol. The summed E-state index contributed by atoms with van der Waals surface area (Å²) < 4.78 is 21.0. The molecule has 9 heteroatoms. The van der Waals surface area contributed by atoms with Gasteiger partial charge in [-0.05, 0) is 0 Å². The first-order valence-corrected chi connectivity index (χ1v) is 9.67. The van der Waals surface area contributed by atoms with Crippen LogP contribution in [0.15, 0.2) is 5.06 Å². The second-order valence-electron chi connectivity index (χ2n) is 6.85. The molecule has 2 rings (SSSR count). The maximum Gasteiger partial charge on any atom is 0.331 e. The van der Waals surface area contributed by atoms with Gasteiger partial charge in [0, 0.05) is 10.8 Å². The van der Waals surface area contributed by atoms with Gasteiger partial charge < -0.3 is 15.2 Å². The molecule has 0 saturated carbocycles. The van der Waals surface area contributed by atoms with E-state index in [2.05, 4.69) is 0 Å². The molecule has 21 heavy (non-hydrogen) atoms. The quantitative estimate of drug-likeness (QED) is 0.558. The largest absolute Gasteiger partial charge is 0.757 e.